The van der Waals surface area contributed by atoms with Crippen LogP contribution in [-0.2, 0) is 0 Å². The number of hydrogen-bond donors (Lipinski definition) is 1. The van der Waals surface area contributed by atoms with Gasteiger partial charge in [-0.1, -0.05) is 19.3 Å². The van der Waals surface area contributed by atoms with Crippen molar-refractivity contribution in [3.63, 3.8) is 0 Å². The van der Waals surface area contributed by atoms with Crippen LogP contribution < -0.4 is 10.1 Å². The summed E-state index contributed by atoms with van der Waals surface area (Å²) in [5, 5.41) is 5.89. The molecule has 0 aliphatic heterocycles. The summed E-state index contributed by atoms with van der Waals surface area (Å²) in [7, 11) is 1.69. The molecule has 4 heteroatoms. The Morgan fingerprint density at radius 2 is 2.05 bits per heavy atom. The van der Waals surface area contributed by atoms with Crippen molar-refractivity contribution < 1.29 is 4.74 Å². The number of nitrogens with one attached hydrogen (secondary N) is 1. The average molecular weight is 305 g/mol. The first kappa shape index (κ1) is 14.5. The largest absolute Gasteiger partial charge is 0.497 e. The fourth-order valence-corrected chi connectivity index (χ4v) is 3.49. The molecule has 0 saturated heterocycles. The molecular weight excluding hydrogens is 284 g/mol. The maximum atomic E-state index is 6.28. The zero-order valence-corrected chi connectivity index (χ0v) is 13.1. The van der Waals surface area contributed by atoms with E-state index in [2.05, 4.69) is 16.4 Å². The van der Waals surface area contributed by atoms with E-state index in [9.17, 15) is 0 Å². The normalized spacial score (nSPS) is 17.6. The number of nitrogens with zero attached hydrogens (tertiary/aromatic N) is 1. The van der Waals surface area contributed by atoms with Crippen LogP contribution in [0.3, 0.4) is 0 Å². The second kappa shape index (κ2) is 6.10. The Morgan fingerprint density at radius 1 is 1.24 bits per heavy atom. The predicted molar refractivity (Wildman–Crippen MR) is 88.5 cm³/mol. The van der Waals surface area contributed by atoms with Crippen LogP contribution >= 0.6 is 11.6 Å². The van der Waals surface area contributed by atoms with Gasteiger partial charge in [0.2, 0.25) is 0 Å². The highest BCUT2D eigenvalue weighted by Crippen LogP contribution is 2.34. The lowest BCUT2D eigenvalue weighted by atomic mass is 9.83. The Morgan fingerprint density at radius 3 is 2.76 bits per heavy atom. The monoisotopic (exact) mass is 304 g/mol. The van der Waals surface area contributed by atoms with Crippen molar-refractivity contribution in [3.8, 4) is 5.75 Å². The molecule has 112 valence electrons. The van der Waals surface area contributed by atoms with Gasteiger partial charge >= 0.3 is 0 Å². The molecule has 1 aromatic heterocycles. The first-order valence-corrected chi connectivity index (χ1v) is 8.07. The number of alkyl halides is 1. The molecule has 3 rings (SSSR count). The number of methoxy groups -OCH3 is 1. The Hall–Kier alpha value is -1.48. The minimum absolute atomic E-state index is 0.0129. The van der Waals surface area contributed by atoms with E-state index in [0.29, 0.717) is 5.88 Å². The number of fused-ring (bicyclic) bond motifs is 1. The molecule has 1 heterocycles. The van der Waals surface area contributed by atoms with Crippen molar-refractivity contribution in [3.05, 3.63) is 30.5 Å². The molecule has 1 aliphatic carbocycles. The van der Waals surface area contributed by atoms with Crippen molar-refractivity contribution in [2.75, 3.05) is 18.3 Å². The highest BCUT2D eigenvalue weighted by atomic mass is 35.5. The van der Waals surface area contributed by atoms with Crippen molar-refractivity contribution in [1.29, 1.82) is 0 Å². The third-order valence-corrected chi connectivity index (χ3v) is 4.93. The molecule has 0 spiro atoms. The SMILES string of the molecule is COc1ccc2c(NC3(CCl)CCCCC3)nccc2c1. The first-order chi connectivity index (χ1) is 10.3. The van der Waals surface area contributed by atoms with E-state index in [1.54, 1.807) is 7.11 Å². The third-order valence-electron chi connectivity index (χ3n) is 4.42. The van der Waals surface area contributed by atoms with Crippen molar-refractivity contribution >= 4 is 28.2 Å². The molecule has 1 saturated carbocycles. The lowest BCUT2D eigenvalue weighted by Gasteiger charge is -2.37. The molecule has 0 amide bonds. The fourth-order valence-electron chi connectivity index (χ4n) is 3.15. The van der Waals surface area contributed by atoms with E-state index in [-0.39, 0.29) is 5.54 Å². The summed E-state index contributed by atoms with van der Waals surface area (Å²) in [4.78, 5) is 4.54. The summed E-state index contributed by atoms with van der Waals surface area (Å²) < 4.78 is 5.29. The molecule has 1 fully saturated rings. The molecule has 2 aromatic rings. The Labute approximate surface area is 130 Å². The molecule has 0 radical (unpaired) electrons. The van der Waals surface area contributed by atoms with Gasteiger partial charge in [-0.05, 0) is 42.5 Å². The van der Waals surface area contributed by atoms with Crippen LogP contribution in [0.4, 0.5) is 5.82 Å². The van der Waals surface area contributed by atoms with Crippen molar-refractivity contribution in [2.45, 2.75) is 37.6 Å². The van der Waals surface area contributed by atoms with Gasteiger partial charge < -0.3 is 10.1 Å². The van der Waals surface area contributed by atoms with E-state index in [0.717, 1.165) is 35.2 Å². The zero-order chi connectivity index (χ0) is 14.7. The van der Waals surface area contributed by atoms with Gasteiger partial charge in [-0.3, -0.25) is 0 Å². The number of pyridine rings is 1. The zero-order valence-electron chi connectivity index (χ0n) is 12.4. The maximum Gasteiger partial charge on any atom is 0.134 e. The lowest BCUT2D eigenvalue weighted by molar-refractivity contribution is 0.353. The number of halogens is 1. The summed E-state index contributed by atoms with van der Waals surface area (Å²) in [6, 6.07) is 8.09. The van der Waals surface area contributed by atoms with E-state index in [1.165, 1.54) is 19.3 Å². The van der Waals surface area contributed by atoms with Crippen LogP contribution in [0, 0.1) is 0 Å². The molecule has 0 bridgehead atoms. The topological polar surface area (TPSA) is 34.1 Å². The molecule has 0 unspecified atom stereocenters. The van der Waals surface area contributed by atoms with Crippen LogP contribution in [0.15, 0.2) is 30.5 Å². The van der Waals surface area contributed by atoms with Crippen LogP contribution in [0.2, 0.25) is 0 Å². The van der Waals surface area contributed by atoms with Gasteiger partial charge in [-0.15, -0.1) is 11.6 Å². The van der Waals surface area contributed by atoms with Gasteiger partial charge in [-0.2, -0.15) is 0 Å². The Balaban J connectivity index is 1.96. The summed E-state index contributed by atoms with van der Waals surface area (Å²) >= 11 is 6.28. The predicted octanol–water partition coefficient (Wildman–Crippen LogP) is 4.60. The number of benzene rings is 1. The van der Waals surface area contributed by atoms with E-state index in [1.807, 2.05) is 24.4 Å². The highest BCUT2D eigenvalue weighted by Gasteiger charge is 2.31. The van der Waals surface area contributed by atoms with Crippen LogP contribution in [-0.4, -0.2) is 23.5 Å². The van der Waals surface area contributed by atoms with E-state index < -0.39 is 0 Å². The quantitative estimate of drug-likeness (QED) is 0.838. The Bertz CT molecular complexity index is 623. The third kappa shape index (κ3) is 2.93. The minimum Gasteiger partial charge on any atom is -0.497 e. The van der Waals surface area contributed by atoms with Gasteiger partial charge in [0.25, 0.3) is 0 Å². The Kier molecular flexibility index (Phi) is 4.20. The van der Waals surface area contributed by atoms with Gasteiger partial charge in [0, 0.05) is 17.5 Å². The molecule has 0 atom stereocenters. The van der Waals surface area contributed by atoms with Gasteiger partial charge in [-0.25, -0.2) is 4.98 Å². The lowest BCUT2D eigenvalue weighted by Crippen LogP contribution is -2.42. The molecule has 1 N–H and O–H groups in total. The first-order valence-electron chi connectivity index (χ1n) is 7.53. The fraction of sp³-hybridized carbons (Fsp3) is 0.471. The van der Waals surface area contributed by atoms with Crippen molar-refractivity contribution in [1.82, 2.24) is 4.98 Å². The van der Waals surface area contributed by atoms with Crippen LogP contribution in [0.25, 0.3) is 10.8 Å². The number of rotatable bonds is 4. The standard InChI is InChI=1S/C17H21ClN2O/c1-21-14-5-6-15-13(11-14)7-10-19-16(15)20-17(12-18)8-3-2-4-9-17/h5-7,10-11H,2-4,8-9,12H2,1H3,(H,19,20). The summed E-state index contributed by atoms with van der Waals surface area (Å²) in [5.41, 5.74) is -0.0129. The van der Waals surface area contributed by atoms with Crippen molar-refractivity contribution in [2.24, 2.45) is 0 Å². The van der Waals surface area contributed by atoms with Gasteiger partial charge in [0.15, 0.2) is 0 Å². The van der Waals surface area contributed by atoms with E-state index >= 15 is 0 Å². The van der Waals surface area contributed by atoms with Crippen LogP contribution in [0.5, 0.6) is 5.75 Å². The molecular formula is C17H21ClN2O. The second-order valence-corrected chi connectivity index (χ2v) is 6.11. The number of ether oxygens (including phenoxy) is 1. The molecule has 3 nitrogen and oxygen atoms in total. The van der Waals surface area contributed by atoms with Gasteiger partial charge in [0.1, 0.15) is 11.6 Å². The molecule has 21 heavy (non-hydrogen) atoms. The molecule has 1 aromatic carbocycles. The minimum atomic E-state index is -0.0129. The summed E-state index contributed by atoms with van der Waals surface area (Å²) in [6.45, 7) is 0. The summed E-state index contributed by atoms with van der Waals surface area (Å²) in [6.07, 6.45) is 7.85. The second-order valence-electron chi connectivity index (χ2n) is 5.85. The average Bonchev–Trinajstić information content (AvgIpc) is 2.55. The number of aromatic nitrogens is 1. The summed E-state index contributed by atoms with van der Waals surface area (Å²) in [5.74, 6) is 2.42. The van der Waals surface area contributed by atoms with Gasteiger partial charge in [0.05, 0.1) is 12.6 Å². The molecule has 1 aliphatic rings. The maximum absolute atomic E-state index is 6.28. The number of hydrogen-bond acceptors (Lipinski definition) is 3. The van der Waals surface area contributed by atoms with Crippen LogP contribution in [0.1, 0.15) is 32.1 Å². The van der Waals surface area contributed by atoms with E-state index in [4.69, 9.17) is 16.3 Å². The smallest absolute Gasteiger partial charge is 0.134 e. The number of anilines is 1. The highest BCUT2D eigenvalue weighted by molar-refractivity contribution is 6.19.